The molecule has 5 heteroatoms. The molecule has 0 fully saturated rings. The Kier molecular flexibility index (Phi) is 3.39. The molecule has 5 nitrogen and oxygen atoms in total. The van der Waals surface area contributed by atoms with Gasteiger partial charge in [0.15, 0.2) is 0 Å². The van der Waals surface area contributed by atoms with Gasteiger partial charge in [-0.05, 0) is 18.1 Å². The number of anilines is 1. The molecule has 0 radical (unpaired) electrons. The van der Waals surface area contributed by atoms with Crippen molar-refractivity contribution in [3.05, 3.63) is 48.4 Å². The highest BCUT2D eigenvalue weighted by Gasteiger charge is 2.15. The number of aromatic nitrogens is 3. The van der Waals surface area contributed by atoms with Gasteiger partial charge in [-0.2, -0.15) is 0 Å². The number of fused-ring (bicyclic) bond motifs is 1. The molecule has 0 saturated carbocycles. The SMILES string of the molecule is CC(C)c1c(N)ncnc1Oc1cnc2ccccc2c1. The van der Waals surface area contributed by atoms with Gasteiger partial charge in [0.1, 0.15) is 17.9 Å². The molecular weight excluding hydrogens is 264 g/mol. The Bertz CT molecular complexity index is 786. The first-order valence-electron chi connectivity index (χ1n) is 6.78. The third-order valence-electron chi connectivity index (χ3n) is 3.24. The van der Waals surface area contributed by atoms with Crippen molar-refractivity contribution in [3.8, 4) is 11.6 Å². The highest BCUT2D eigenvalue weighted by molar-refractivity contribution is 5.79. The van der Waals surface area contributed by atoms with Crippen LogP contribution in [0.4, 0.5) is 5.82 Å². The lowest BCUT2D eigenvalue weighted by Crippen LogP contribution is -2.04. The highest BCUT2D eigenvalue weighted by atomic mass is 16.5. The van der Waals surface area contributed by atoms with Crippen LogP contribution in [-0.2, 0) is 0 Å². The molecule has 106 valence electrons. The average Bonchev–Trinajstić information content (AvgIpc) is 2.47. The first-order chi connectivity index (χ1) is 10.1. The van der Waals surface area contributed by atoms with E-state index in [0.29, 0.717) is 17.4 Å². The third kappa shape index (κ3) is 2.63. The summed E-state index contributed by atoms with van der Waals surface area (Å²) in [6.07, 6.45) is 3.09. The topological polar surface area (TPSA) is 73.9 Å². The normalized spacial score (nSPS) is 11.0. The van der Waals surface area contributed by atoms with E-state index in [2.05, 4.69) is 15.0 Å². The van der Waals surface area contributed by atoms with Crippen LogP contribution in [0.25, 0.3) is 10.9 Å². The first kappa shape index (κ1) is 13.3. The van der Waals surface area contributed by atoms with Crippen LogP contribution in [0.5, 0.6) is 11.6 Å². The van der Waals surface area contributed by atoms with Crippen LogP contribution in [-0.4, -0.2) is 15.0 Å². The summed E-state index contributed by atoms with van der Waals surface area (Å²) in [5.41, 5.74) is 7.66. The van der Waals surface area contributed by atoms with E-state index in [1.54, 1.807) is 6.20 Å². The van der Waals surface area contributed by atoms with Gasteiger partial charge < -0.3 is 10.5 Å². The molecular formula is C16H16N4O. The van der Waals surface area contributed by atoms with Crippen molar-refractivity contribution in [2.75, 3.05) is 5.73 Å². The Hall–Kier alpha value is -2.69. The zero-order valence-corrected chi connectivity index (χ0v) is 11.9. The second kappa shape index (κ2) is 5.36. The van der Waals surface area contributed by atoms with Crippen molar-refractivity contribution in [1.82, 2.24) is 15.0 Å². The maximum absolute atomic E-state index is 5.92. The van der Waals surface area contributed by atoms with Gasteiger partial charge in [0.05, 0.1) is 17.3 Å². The van der Waals surface area contributed by atoms with Crippen molar-refractivity contribution in [1.29, 1.82) is 0 Å². The summed E-state index contributed by atoms with van der Waals surface area (Å²) in [5.74, 6) is 1.74. The minimum atomic E-state index is 0.176. The number of nitrogen functional groups attached to an aromatic ring is 1. The Balaban J connectivity index is 2.00. The van der Waals surface area contributed by atoms with E-state index in [1.807, 2.05) is 44.2 Å². The number of ether oxygens (including phenoxy) is 1. The molecule has 0 aliphatic heterocycles. The van der Waals surface area contributed by atoms with Gasteiger partial charge in [-0.15, -0.1) is 0 Å². The lowest BCUT2D eigenvalue weighted by molar-refractivity contribution is 0.451. The maximum atomic E-state index is 5.92. The molecule has 0 atom stereocenters. The summed E-state index contributed by atoms with van der Waals surface area (Å²) in [4.78, 5) is 12.6. The number of rotatable bonds is 3. The molecule has 2 N–H and O–H groups in total. The lowest BCUT2D eigenvalue weighted by atomic mass is 10.1. The molecule has 0 unspecified atom stereocenters. The third-order valence-corrected chi connectivity index (χ3v) is 3.24. The molecule has 0 amide bonds. The highest BCUT2D eigenvalue weighted by Crippen LogP contribution is 2.31. The van der Waals surface area contributed by atoms with E-state index in [4.69, 9.17) is 10.5 Å². The number of pyridine rings is 1. The second-order valence-electron chi connectivity index (χ2n) is 5.10. The fourth-order valence-corrected chi connectivity index (χ4v) is 2.23. The summed E-state index contributed by atoms with van der Waals surface area (Å²) in [6.45, 7) is 4.06. The van der Waals surface area contributed by atoms with E-state index in [9.17, 15) is 0 Å². The number of hydrogen-bond donors (Lipinski definition) is 1. The summed E-state index contributed by atoms with van der Waals surface area (Å²) in [7, 11) is 0. The van der Waals surface area contributed by atoms with Crippen LogP contribution in [0.3, 0.4) is 0 Å². The monoisotopic (exact) mass is 280 g/mol. The largest absolute Gasteiger partial charge is 0.437 e. The Labute approximate surface area is 122 Å². The van der Waals surface area contributed by atoms with Crippen LogP contribution in [0, 0.1) is 0 Å². The van der Waals surface area contributed by atoms with Crippen molar-refractivity contribution in [2.45, 2.75) is 19.8 Å². The summed E-state index contributed by atoms with van der Waals surface area (Å²) < 4.78 is 5.87. The Morgan fingerprint density at radius 3 is 2.71 bits per heavy atom. The lowest BCUT2D eigenvalue weighted by Gasteiger charge is -2.13. The Morgan fingerprint density at radius 2 is 1.90 bits per heavy atom. The fraction of sp³-hybridized carbons (Fsp3) is 0.188. The average molecular weight is 280 g/mol. The zero-order chi connectivity index (χ0) is 14.8. The molecule has 1 aromatic carbocycles. The van der Waals surface area contributed by atoms with Crippen LogP contribution in [0.2, 0.25) is 0 Å². The number of nitrogens with two attached hydrogens (primary N) is 1. The van der Waals surface area contributed by atoms with Gasteiger partial charge in [0.25, 0.3) is 0 Å². The van der Waals surface area contributed by atoms with Crippen LogP contribution < -0.4 is 10.5 Å². The van der Waals surface area contributed by atoms with E-state index in [1.165, 1.54) is 6.33 Å². The van der Waals surface area contributed by atoms with Crippen LogP contribution in [0.15, 0.2) is 42.9 Å². The second-order valence-corrected chi connectivity index (χ2v) is 5.10. The molecule has 2 aromatic heterocycles. The predicted octanol–water partition coefficient (Wildman–Crippen LogP) is 3.52. The molecule has 0 spiro atoms. The number of para-hydroxylation sites is 1. The zero-order valence-electron chi connectivity index (χ0n) is 11.9. The molecule has 3 aromatic rings. The number of benzene rings is 1. The van der Waals surface area contributed by atoms with Crippen LogP contribution in [0.1, 0.15) is 25.3 Å². The molecule has 0 aliphatic carbocycles. The summed E-state index contributed by atoms with van der Waals surface area (Å²) in [5, 5.41) is 1.02. The first-order valence-corrected chi connectivity index (χ1v) is 6.78. The van der Waals surface area contributed by atoms with E-state index in [-0.39, 0.29) is 5.92 Å². The van der Waals surface area contributed by atoms with E-state index >= 15 is 0 Å². The predicted molar refractivity (Wildman–Crippen MR) is 82.4 cm³/mol. The minimum Gasteiger partial charge on any atom is -0.437 e. The van der Waals surface area contributed by atoms with Crippen molar-refractivity contribution in [2.24, 2.45) is 0 Å². The minimum absolute atomic E-state index is 0.176. The van der Waals surface area contributed by atoms with Gasteiger partial charge in [-0.3, -0.25) is 4.98 Å². The van der Waals surface area contributed by atoms with Crippen LogP contribution >= 0.6 is 0 Å². The molecule has 2 heterocycles. The molecule has 3 rings (SSSR count). The maximum Gasteiger partial charge on any atom is 0.227 e. The molecule has 21 heavy (non-hydrogen) atoms. The smallest absolute Gasteiger partial charge is 0.227 e. The standard InChI is InChI=1S/C16H16N4O/c1-10(2)14-15(17)19-9-20-16(14)21-12-7-11-5-3-4-6-13(11)18-8-12/h3-10H,1-2H3,(H2,17,19,20). The number of nitrogens with zero attached hydrogens (tertiary/aromatic N) is 3. The van der Waals surface area contributed by atoms with Gasteiger partial charge in [-0.25, -0.2) is 9.97 Å². The van der Waals surface area contributed by atoms with Crippen molar-refractivity contribution >= 4 is 16.7 Å². The van der Waals surface area contributed by atoms with Crippen molar-refractivity contribution < 1.29 is 4.74 Å². The van der Waals surface area contributed by atoms with E-state index in [0.717, 1.165) is 16.5 Å². The van der Waals surface area contributed by atoms with Gasteiger partial charge in [0.2, 0.25) is 5.88 Å². The quantitative estimate of drug-likeness (QED) is 0.794. The molecule has 0 bridgehead atoms. The summed E-state index contributed by atoms with van der Waals surface area (Å²) >= 11 is 0. The fourth-order valence-electron chi connectivity index (χ4n) is 2.23. The summed E-state index contributed by atoms with van der Waals surface area (Å²) in [6, 6.07) is 9.81. The van der Waals surface area contributed by atoms with Gasteiger partial charge in [0, 0.05) is 5.39 Å². The molecule has 0 aliphatic rings. The number of hydrogen-bond acceptors (Lipinski definition) is 5. The Morgan fingerprint density at radius 1 is 1.10 bits per heavy atom. The van der Waals surface area contributed by atoms with Crippen molar-refractivity contribution in [3.63, 3.8) is 0 Å². The van der Waals surface area contributed by atoms with E-state index < -0.39 is 0 Å². The van der Waals surface area contributed by atoms with Gasteiger partial charge >= 0.3 is 0 Å². The molecule has 0 saturated heterocycles. The van der Waals surface area contributed by atoms with Gasteiger partial charge in [-0.1, -0.05) is 32.0 Å².